The van der Waals surface area contributed by atoms with Crippen LogP contribution in [-0.2, 0) is 13.5 Å². The lowest BCUT2D eigenvalue weighted by atomic mass is 9.90. The first-order valence-corrected chi connectivity index (χ1v) is 9.43. The minimum absolute atomic E-state index is 0.0194. The van der Waals surface area contributed by atoms with Gasteiger partial charge in [-0.15, -0.1) is 0 Å². The molecule has 4 rings (SSSR count). The van der Waals surface area contributed by atoms with E-state index in [2.05, 4.69) is 4.98 Å². The molecule has 0 spiro atoms. The van der Waals surface area contributed by atoms with Gasteiger partial charge < -0.3 is 13.9 Å². The highest BCUT2D eigenvalue weighted by atomic mass is 16.3. The molecule has 2 aromatic rings. The number of rotatable bonds is 3. The van der Waals surface area contributed by atoms with E-state index in [1.54, 1.807) is 35.8 Å². The summed E-state index contributed by atoms with van der Waals surface area (Å²) in [5, 5.41) is 0. The Morgan fingerprint density at radius 2 is 2.07 bits per heavy atom. The quantitative estimate of drug-likeness (QED) is 0.776. The van der Waals surface area contributed by atoms with Crippen LogP contribution in [0.5, 0.6) is 0 Å². The fourth-order valence-corrected chi connectivity index (χ4v) is 4.18. The maximum atomic E-state index is 13.2. The highest BCUT2D eigenvalue weighted by molar-refractivity contribution is 6.10. The molecule has 1 fully saturated rings. The maximum absolute atomic E-state index is 13.2. The molecule has 1 aliphatic heterocycles. The smallest absolute Gasteiger partial charge is 0.258 e. The van der Waals surface area contributed by atoms with Crippen molar-refractivity contribution < 1.29 is 18.8 Å². The fraction of sp³-hybridized carbons (Fsp3) is 0.500. The molecular formula is C20H23N3O4. The van der Waals surface area contributed by atoms with Gasteiger partial charge in [0.15, 0.2) is 11.6 Å². The zero-order chi connectivity index (χ0) is 19.1. The van der Waals surface area contributed by atoms with Gasteiger partial charge in [-0.1, -0.05) is 0 Å². The van der Waals surface area contributed by atoms with Crippen molar-refractivity contribution in [2.45, 2.75) is 39.0 Å². The van der Waals surface area contributed by atoms with Crippen molar-refractivity contribution in [1.82, 2.24) is 14.5 Å². The summed E-state index contributed by atoms with van der Waals surface area (Å²) >= 11 is 0. The zero-order valence-corrected chi connectivity index (χ0v) is 15.7. The molecule has 27 heavy (non-hydrogen) atoms. The van der Waals surface area contributed by atoms with Crippen molar-refractivity contribution in [1.29, 1.82) is 0 Å². The summed E-state index contributed by atoms with van der Waals surface area (Å²) in [6.07, 6.45) is 6.73. The highest BCUT2D eigenvalue weighted by Gasteiger charge is 2.36. The van der Waals surface area contributed by atoms with Crippen molar-refractivity contribution in [2.75, 3.05) is 13.1 Å². The molecule has 1 atom stereocenters. The van der Waals surface area contributed by atoms with E-state index in [0.717, 1.165) is 19.3 Å². The number of aryl methyl sites for hydroxylation is 3. The zero-order valence-electron chi connectivity index (χ0n) is 15.7. The average molecular weight is 369 g/mol. The molecule has 0 unspecified atom stereocenters. The number of carbonyl (C=O) groups is 3. The number of ketones is 2. The second-order valence-corrected chi connectivity index (χ2v) is 7.42. The lowest BCUT2D eigenvalue weighted by Gasteiger charge is -2.32. The lowest BCUT2D eigenvalue weighted by molar-refractivity contribution is 0.0628. The summed E-state index contributed by atoms with van der Waals surface area (Å²) in [6.45, 7) is 2.66. The molecule has 1 saturated heterocycles. The Labute approximate surface area is 157 Å². The van der Waals surface area contributed by atoms with E-state index < -0.39 is 0 Å². The summed E-state index contributed by atoms with van der Waals surface area (Å²) in [5.41, 5.74) is 0.848. The third-order valence-corrected chi connectivity index (χ3v) is 5.58. The van der Waals surface area contributed by atoms with Crippen molar-refractivity contribution in [2.24, 2.45) is 13.0 Å². The van der Waals surface area contributed by atoms with Crippen LogP contribution in [0.25, 0.3) is 0 Å². The van der Waals surface area contributed by atoms with Gasteiger partial charge in [-0.3, -0.25) is 14.4 Å². The van der Waals surface area contributed by atoms with Gasteiger partial charge in [0.25, 0.3) is 5.91 Å². The summed E-state index contributed by atoms with van der Waals surface area (Å²) in [7, 11) is 1.79. The molecule has 1 amide bonds. The second kappa shape index (κ2) is 6.79. The number of imidazole rings is 1. The average Bonchev–Trinajstić information content (AvgIpc) is 3.24. The van der Waals surface area contributed by atoms with Gasteiger partial charge >= 0.3 is 0 Å². The van der Waals surface area contributed by atoms with Crippen LogP contribution >= 0.6 is 0 Å². The van der Waals surface area contributed by atoms with Crippen molar-refractivity contribution >= 4 is 17.5 Å². The molecular weight excluding hydrogens is 346 g/mol. The second-order valence-electron chi connectivity index (χ2n) is 7.42. The summed E-state index contributed by atoms with van der Waals surface area (Å²) in [6, 6.07) is 0. The van der Waals surface area contributed by atoms with E-state index in [0.29, 0.717) is 54.4 Å². The van der Waals surface area contributed by atoms with Gasteiger partial charge in [-0.2, -0.15) is 0 Å². The van der Waals surface area contributed by atoms with Gasteiger partial charge in [0.1, 0.15) is 11.5 Å². The van der Waals surface area contributed by atoms with Crippen LogP contribution < -0.4 is 0 Å². The topological polar surface area (TPSA) is 85.4 Å². The van der Waals surface area contributed by atoms with E-state index in [9.17, 15) is 14.4 Å². The number of amides is 1. The van der Waals surface area contributed by atoms with Gasteiger partial charge in [0.2, 0.25) is 5.78 Å². The number of hydrogen-bond donors (Lipinski definition) is 0. The first-order chi connectivity index (χ1) is 13.0. The minimum Gasteiger partial charge on any atom is -0.465 e. The summed E-state index contributed by atoms with van der Waals surface area (Å²) in [5.74, 6) is 1.01. The summed E-state index contributed by atoms with van der Waals surface area (Å²) in [4.78, 5) is 44.2. The van der Waals surface area contributed by atoms with E-state index in [4.69, 9.17) is 4.42 Å². The number of fused-ring (bicyclic) bond motifs is 1. The van der Waals surface area contributed by atoms with Gasteiger partial charge in [0, 0.05) is 51.3 Å². The van der Waals surface area contributed by atoms with Crippen LogP contribution in [0.15, 0.2) is 16.8 Å². The molecule has 7 nitrogen and oxygen atoms in total. The largest absolute Gasteiger partial charge is 0.465 e. The van der Waals surface area contributed by atoms with Crippen LogP contribution in [0, 0.1) is 12.8 Å². The maximum Gasteiger partial charge on any atom is 0.258 e. The fourth-order valence-electron chi connectivity index (χ4n) is 4.18. The SMILES string of the molecule is Cc1oc2c(c1C(=O)N1CCC[C@H](C(=O)c3nccn3C)C1)C(=O)CCC2. The Hall–Kier alpha value is -2.70. The molecule has 142 valence electrons. The molecule has 0 radical (unpaired) electrons. The van der Waals surface area contributed by atoms with Crippen LogP contribution in [-0.4, -0.2) is 45.0 Å². The number of furan rings is 1. The Balaban J connectivity index is 1.58. The normalized spacial score (nSPS) is 19.9. The van der Waals surface area contributed by atoms with Crippen LogP contribution in [0.3, 0.4) is 0 Å². The number of Topliss-reactive ketones (excluding diaryl/α,β-unsaturated/α-hetero) is 2. The van der Waals surface area contributed by atoms with Crippen LogP contribution in [0.4, 0.5) is 0 Å². The predicted octanol–water partition coefficient (Wildman–Crippen LogP) is 2.58. The predicted molar refractivity (Wildman–Crippen MR) is 96.9 cm³/mol. The van der Waals surface area contributed by atoms with Gasteiger partial charge in [0.05, 0.1) is 11.1 Å². The first-order valence-electron chi connectivity index (χ1n) is 9.43. The van der Waals surface area contributed by atoms with Crippen LogP contribution in [0.2, 0.25) is 0 Å². The molecule has 0 saturated carbocycles. The first kappa shape index (κ1) is 17.7. The molecule has 3 heterocycles. The Kier molecular flexibility index (Phi) is 4.45. The number of nitrogens with zero attached hydrogens (tertiary/aromatic N) is 3. The molecule has 1 aliphatic carbocycles. The number of carbonyl (C=O) groups excluding carboxylic acids is 3. The third kappa shape index (κ3) is 3.01. The van der Waals surface area contributed by atoms with E-state index >= 15 is 0 Å². The van der Waals surface area contributed by atoms with E-state index in [1.807, 2.05) is 0 Å². The Morgan fingerprint density at radius 1 is 1.26 bits per heavy atom. The Morgan fingerprint density at radius 3 is 2.81 bits per heavy atom. The monoisotopic (exact) mass is 369 g/mol. The van der Waals surface area contributed by atoms with Crippen molar-refractivity contribution in [3.63, 3.8) is 0 Å². The summed E-state index contributed by atoms with van der Waals surface area (Å²) < 4.78 is 7.43. The van der Waals surface area contributed by atoms with Crippen molar-refractivity contribution in [3.8, 4) is 0 Å². The number of piperidine rings is 1. The molecule has 2 aromatic heterocycles. The minimum atomic E-state index is -0.275. The van der Waals surface area contributed by atoms with Crippen LogP contribution in [0.1, 0.15) is 68.5 Å². The van der Waals surface area contributed by atoms with E-state index in [1.165, 1.54) is 0 Å². The standard InChI is InChI=1S/C20H23N3O4/c1-12-16(17-14(24)6-3-7-15(17)27-12)20(26)23-9-4-5-13(11-23)18(25)19-21-8-10-22(19)2/h8,10,13H,3-7,9,11H2,1-2H3/t13-/m0/s1. The molecule has 0 N–H and O–H groups in total. The third-order valence-electron chi connectivity index (χ3n) is 5.58. The molecule has 0 bridgehead atoms. The van der Waals surface area contributed by atoms with Gasteiger partial charge in [-0.25, -0.2) is 4.98 Å². The number of hydrogen-bond acceptors (Lipinski definition) is 5. The molecule has 2 aliphatic rings. The van der Waals surface area contributed by atoms with Crippen molar-refractivity contribution in [3.05, 3.63) is 40.9 Å². The molecule has 0 aromatic carbocycles. The number of likely N-dealkylation sites (tertiary alicyclic amines) is 1. The van der Waals surface area contributed by atoms with Gasteiger partial charge in [-0.05, 0) is 26.2 Å². The highest BCUT2D eigenvalue weighted by Crippen LogP contribution is 2.31. The Bertz CT molecular complexity index is 924. The lowest BCUT2D eigenvalue weighted by Crippen LogP contribution is -2.43. The number of aromatic nitrogens is 2. The molecule has 7 heteroatoms. The van der Waals surface area contributed by atoms with E-state index in [-0.39, 0.29) is 23.4 Å².